The molecule has 26 nitrogen and oxygen atoms in total. The van der Waals surface area contributed by atoms with Crippen molar-refractivity contribution in [2.75, 3.05) is 93.0 Å². The molecule has 0 aromatic heterocycles. The largest absolute Gasteiger partial charge is 0.394 e. The van der Waals surface area contributed by atoms with E-state index >= 15 is 0 Å². The number of ketones is 5. The van der Waals surface area contributed by atoms with Crippen LogP contribution < -0.4 is 5.73 Å². The number of unbranched alkanes of at least 4 members (excludes halogenated alkanes) is 13. The van der Waals surface area contributed by atoms with Crippen molar-refractivity contribution in [3.8, 4) is 0 Å². The van der Waals surface area contributed by atoms with Gasteiger partial charge in [-0.2, -0.15) is 0 Å². The molecule has 3 aliphatic rings. The molecule has 0 aliphatic carbocycles. The van der Waals surface area contributed by atoms with Crippen LogP contribution in [0.1, 0.15) is 213 Å². The van der Waals surface area contributed by atoms with E-state index in [1.807, 2.05) is 0 Å². The molecule has 3 saturated heterocycles. The number of aliphatic hydroxyl groups is 7. The minimum atomic E-state index is -3.22. The van der Waals surface area contributed by atoms with E-state index in [4.69, 9.17) is 47.9 Å². The van der Waals surface area contributed by atoms with Crippen LogP contribution in [0.3, 0.4) is 0 Å². The summed E-state index contributed by atoms with van der Waals surface area (Å²) in [6.07, 6.45) is 7.77. The standard InChI is InChI=1S/C67H119N2O24P/c1-48-61(80)63(82)57(42-70)92-65(48)89-34-21-19-27-51(72)23-14-11-16-25-53(74)31-36-86-45-67(47-88-38-33-59(68)78,40-55(76)29-13-9-7-5-6-8-10-18-30-60(79)69-41-56(77)39-50(69)44-91-94(4,84)85-3)46-87-37-32-54(75)26-17-12-15-24-52(73)28-20-22-35-90-66-49(2)62(81)64(83)58(43-71)93-66/h48-50,56-58,61-66,70-71,77,80-83H,5-47H2,1-4H3,(H2,68,78)/t48?,49?,50-,56+,57?,58?,61?,62?,63?,64?,65?,66?,67?,94?/m0/s1. The van der Waals surface area contributed by atoms with Crippen molar-refractivity contribution in [1.29, 1.82) is 0 Å². The summed E-state index contributed by atoms with van der Waals surface area (Å²) in [4.78, 5) is 91.3. The molecule has 0 bridgehead atoms. The second-order valence-electron chi connectivity index (χ2n) is 26.3. The maximum atomic E-state index is 13.8. The van der Waals surface area contributed by atoms with Crippen molar-refractivity contribution < 1.29 is 116 Å². The number of Topliss-reactive ketones (excluding diaryl/α,β-unsaturated/α-hetero) is 5. The fourth-order valence-electron chi connectivity index (χ4n) is 11.8. The number of amides is 2. The van der Waals surface area contributed by atoms with Crippen molar-refractivity contribution in [2.24, 2.45) is 23.0 Å². The van der Waals surface area contributed by atoms with Gasteiger partial charge in [-0.1, -0.05) is 65.2 Å². The number of hydrogen-bond donors (Lipinski definition) is 8. The Labute approximate surface area is 557 Å². The predicted molar refractivity (Wildman–Crippen MR) is 346 cm³/mol. The van der Waals surface area contributed by atoms with E-state index in [1.165, 1.54) is 13.8 Å². The molecule has 3 fully saturated rings. The number of carbonyl (C=O) groups is 7. The van der Waals surface area contributed by atoms with Gasteiger partial charge in [0.25, 0.3) is 0 Å². The van der Waals surface area contributed by atoms with Gasteiger partial charge in [0.2, 0.25) is 11.8 Å². The van der Waals surface area contributed by atoms with Gasteiger partial charge >= 0.3 is 7.60 Å². The molecule has 94 heavy (non-hydrogen) atoms. The van der Waals surface area contributed by atoms with Crippen LogP contribution in [-0.2, 0) is 80.3 Å². The third kappa shape index (κ3) is 35.1. The zero-order chi connectivity index (χ0) is 69.3. The van der Waals surface area contributed by atoms with Gasteiger partial charge in [-0.25, -0.2) is 0 Å². The molecule has 0 saturated carbocycles. The number of hydrogen-bond acceptors (Lipinski definition) is 24. The number of ether oxygens (including phenoxy) is 7. The van der Waals surface area contributed by atoms with Gasteiger partial charge < -0.3 is 88.6 Å². The molecule has 27 heteroatoms. The van der Waals surface area contributed by atoms with Crippen LogP contribution in [0, 0.1) is 17.3 Å². The van der Waals surface area contributed by atoms with Gasteiger partial charge in [-0.15, -0.1) is 0 Å². The van der Waals surface area contributed by atoms with Gasteiger partial charge in [0, 0.05) is 128 Å². The summed E-state index contributed by atoms with van der Waals surface area (Å²) in [5, 5.41) is 69.7. The van der Waals surface area contributed by atoms with E-state index in [-0.39, 0.29) is 133 Å². The van der Waals surface area contributed by atoms with Crippen LogP contribution in [0.25, 0.3) is 0 Å². The number of carbonyl (C=O) groups excluding carboxylic acids is 7. The Morgan fingerprint density at radius 3 is 1.27 bits per heavy atom. The molecule has 0 aromatic rings. The average Bonchev–Trinajstić information content (AvgIpc) is 1.01. The molecule has 11 unspecified atom stereocenters. The first-order chi connectivity index (χ1) is 44.9. The van der Waals surface area contributed by atoms with Crippen molar-refractivity contribution in [2.45, 2.75) is 274 Å². The number of nitrogens with zero attached hydrogens (tertiary/aromatic N) is 1. The minimum absolute atomic E-state index is 0.00175. The first-order valence-corrected chi connectivity index (χ1v) is 36.8. The molecule has 546 valence electrons. The summed E-state index contributed by atoms with van der Waals surface area (Å²) >= 11 is 0. The highest BCUT2D eigenvalue weighted by molar-refractivity contribution is 7.52. The van der Waals surface area contributed by atoms with Crippen LogP contribution >= 0.6 is 7.60 Å². The van der Waals surface area contributed by atoms with E-state index in [9.17, 15) is 73.9 Å². The third-order valence-corrected chi connectivity index (χ3v) is 19.2. The highest BCUT2D eigenvalue weighted by Crippen LogP contribution is 2.43. The molecule has 13 atom stereocenters. The van der Waals surface area contributed by atoms with Crippen LogP contribution in [0.2, 0.25) is 0 Å². The second kappa shape index (κ2) is 48.6. The van der Waals surface area contributed by atoms with Crippen molar-refractivity contribution >= 4 is 48.3 Å². The number of β-amino-alcohol motifs (C(OH)–C–C–N with tert-alkyl or cyclic N) is 1. The van der Waals surface area contributed by atoms with Crippen LogP contribution in [-0.4, -0.2) is 236 Å². The lowest BCUT2D eigenvalue weighted by atomic mass is 9.83. The summed E-state index contributed by atoms with van der Waals surface area (Å²) in [5.74, 6) is -1.45. The Balaban J connectivity index is 1.43. The summed E-state index contributed by atoms with van der Waals surface area (Å²) < 4.78 is 63.4. The number of primary amides is 1. The summed E-state index contributed by atoms with van der Waals surface area (Å²) in [6, 6.07) is -0.364. The van der Waals surface area contributed by atoms with Gasteiger partial charge in [0.15, 0.2) is 12.6 Å². The predicted octanol–water partition coefficient (Wildman–Crippen LogP) is 5.69. The molecule has 3 aliphatic heterocycles. The van der Waals surface area contributed by atoms with E-state index in [0.717, 1.165) is 38.5 Å². The first kappa shape index (κ1) is 85.1. The molecular formula is C67H119N2O24P. The first-order valence-electron chi connectivity index (χ1n) is 34.8. The molecule has 2 amide bonds. The molecular weight excluding hydrogens is 1250 g/mol. The van der Waals surface area contributed by atoms with Gasteiger partial charge in [-0.3, -0.25) is 38.1 Å². The van der Waals surface area contributed by atoms with Gasteiger partial charge in [-0.05, 0) is 70.6 Å². The topological polar surface area (TPSA) is 391 Å². The molecule has 0 spiro atoms. The fraction of sp³-hybridized carbons (Fsp3) is 0.896. The molecule has 0 aromatic carbocycles. The zero-order valence-corrected chi connectivity index (χ0v) is 57.8. The molecule has 9 N–H and O–H groups in total. The monoisotopic (exact) mass is 1370 g/mol. The molecule has 3 heterocycles. The minimum Gasteiger partial charge on any atom is -0.394 e. The number of likely N-dealkylation sites (tertiary alicyclic amines) is 1. The number of nitrogens with two attached hydrogens (primary N) is 1. The normalized spacial score (nSPS) is 25.2. The van der Waals surface area contributed by atoms with E-state index in [2.05, 4.69) is 0 Å². The Morgan fingerprint density at radius 2 is 0.862 bits per heavy atom. The maximum absolute atomic E-state index is 13.8. The number of rotatable bonds is 58. The third-order valence-electron chi connectivity index (χ3n) is 17.9. The second-order valence-corrected chi connectivity index (χ2v) is 28.5. The molecule has 0 radical (unpaired) electrons. The molecule has 3 rings (SSSR count). The highest BCUT2D eigenvalue weighted by Gasteiger charge is 2.44. The van der Waals surface area contributed by atoms with E-state index in [0.29, 0.717) is 135 Å². The smallest absolute Gasteiger partial charge is 0.327 e. The Morgan fingerprint density at radius 1 is 0.500 bits per heavy atom. The fourth-order valence-corrected chi connectivity index (χ4v) is 12.4. The van der Waals surface area contributed by atoms with Crippen LogP contribution in [0.4, 0.5) is 0 Å². The highest BCUT2D eigenvalue weighted by atomic mass is 31.2. The SMILES string of the molecule is COP(C)(=O)OC[C@@H]1C[C@@H](O)CN1C(=O)CCCCCCCCCCC(=O)CC(COCCC(N)=O)(COCCC(=O)CCCCCC(=O)CCCCOC1OC(CO)C(O)C(O)C1C)COCCC(=O)CCCCCC(=O)CCCCOC1OC(CO)C(O)C(O)C1C. The van der Waals surface area contributed by atoms with Crippen molar-refractivity contribution in [1.82, 2.24) is 4.90 Å². The summed E-state index contributed by atoms with van der Waals surface area (Å²) in [5.41, 5.74) is 4.40. The lowest BCUT2D eigenvalue weighted by Crippen LogP contribution is -2.55. The van der Waals surface area contributed by atoms with Crippen molar-refractivity contribution in [3.63, 3.8) is 0 Å². The zero-order valence-electron chi connectivity index (χ0n) is 56.9. The lowest BCUT2D eigenvalue weighted by Gasteiger charge is -2.40. The van der Waals surface area contributed by atoms with E-state index in [1.54, 1.807) is 18.7 Å². The Bertz CT molecular complexity index is 2120. The Hall–Kier alpha value is -3.12. The lowest BCUT2D eigenvalue weighted by molar-refractivity contribution is -0.282. The quantitative estimate of drug-likeness (QED) is 0.0268. The van der Waals surface area contributed by atoms with E-state index < -0.39 is 99.3 Å². The number of aliphatic hydroxyl groups excluding tert-OH is 7. The maximum Gasteiger partial charge on any atom is 0.327 e. The van der Waals surface area contributed by atoms with Crippen molar-refractivity contribution in [3.05, 3.63) is 0 Å². The average molecular weight is 1370 g/mol. The summed E-state index contributed by atoms with van der Waals surface area (Å²) in [6.45, 7) is 4.79. The Kier molecular flexibility index (Phi) is 44.0. The van der Waals surface area contributed by atoms with Gasteiger partial charge in [0.05, 0.1) is 83.8 Å². The van der Waals surface area contributed by atoms with Crippen LogP contribution in [0.5, 0.6) is 0 Å². The summed E-state index contributed by atoms with van der Waals surface area (Å²) in [7, 11) is -1.92. The van der Waals surface area contributed by atoms with Crippen LogP contribution in [0.15, 0.2) is 0 Å². The van der Waals surface area contributed by atoms with Gasteiger partial charge in [0.1, 0.15) is 53.3 Å².